The second-order valence-corrected chi connectivity index (χ2v) is 5.74. The number of aryl methyl sites for hydroxylation is 1. The maximum absolute atomic E-state index is 5.49. The van der Waals surface area contributed by atoms with Gasteiger partial charge in [-0.25, -0.2) is 0 Å². The molecule has 0 spiro atoms. The third-order valence-electron chi connectivity index (χ3n) is 4.13. The average molecular weight is 264 g/mol. The topological polar surface area (TPSA) is 34.2 Å². The lowest BCUT2D eigenvalue weighted by atomic mass is 9.84. The maximum Gasteiger partial charge on any atom is 0.128 e. The first-order valence-corrected chi connectivity index (χ1v) is 7.08. The highest BCUT2D eigenvalue weighted by molar-refractivity contribution is 5.41. The van der Waals surface area contributed by atoms with Gasteiger partial charge in [-0.3, -0.25) is 4.98 Å². The first kappa shape index (κ1) is 16.0. The molecule has 0 fully saturated rings. The van der Waals surface area contributed by atoms with Crippen LogP contribution in [0.25, 0.3) is 0 Å². The largest absolute Gasteiger partial charge is 0.496 e. The molecule has 0 aromatic carbocycles. The van der Waals surface area contributed by atoms with Gasteiger partial charge in [0.15, 0.2) is 0 Å². The number of pyridine rings is 1. The molecular weight excluding hydrogens is 236 g/mol. The molecule has 0 aliphatic rings. The van der Waals surface area contributed by atoms with Crippen LogP contribution in [-0.4, -0.2) is 25.2 Å². The van der Waals surface area contributed by atoms with E-state index in [-0.39, 0.29) is 0 Å². The summed E-state index contributed by atoms with van der Waals surface area (Å²) in [5.74, 6) is 2.17. The van der Waals surface area contributed by atoms with Crippen molar-refractivity contribution in [1.29, 1.82) is 0 Å². The lowest BCUT2D eigenvalue weighted by Crippen LogP contribution is -2.35. The van der Waals surface area contributed by atoms with E-state index in [2.05, 4.69) is 38.0 Å². The second kappa shape index (κ2) is 6.90. The van der Waals surface area contributed by atoms with E-state index in [9.17, 15) is 0 Å². The number of nitrogens with one attached hydrogen (secondary N) is 1. The van der Waals surface area contributed by atoms with Crippen molar-refractivity contribution in [2.75, 3.05) is 14.2 Å². The molecule has 0 aliphatic carbocycles. The van der Waals surface area contributed by atoms with Gasteiger partial charge < -0.3 is 10.1 Å². The van der Waals surface area contributed by atoms with E-state index >= 15 is 0 Å². The molecule has 1 heterocycles. The molecule has 0 saturated heterocycles. The van der Waals surface area contributed by atoms with Gasteiger partial charge in [0.2, 0.25) is 0 Å². The summed E-state index contributed by atoms with van der Waals surface area (Å²) in [6.45, 7) is 10.9. The first-order valence-electron chi connectivity index (χ1n) is 7.08. The van der Waals surface area contributed by atoms with Gasteiger partial charge in [-0.2, -0.15) is 0 Å². The molecule has 1 aromatic rings. The summed E-state index contributed by atoms with van der Waals surface area (Å²) in [7, 11) is 3.76. The molecule has 3 nitrogen and oxygen atoms in total. The molecule has 0 aliphatic heterocycles. The van der Waals surface area contributed by atoms with Crippen LogP contribution in [0, 0.1) is 25.7 Å². The van der Waals surface area contributed by atoms with E-state index < -0.39 is 0 Å². The summed E-state index contributed by atoms with van der Waals surface area (Å²) in [4.78, 5) is 4.62. The quantitative estimate of drug-likeness (QED) is 0.857. The second-order valence-electron chi connectivity index (χ2n) is 5.74. The molecule has 19 heavy (non-hydrogen) atoms. The molecule has 0 amide bonds. The summed E-state index contributed by atoms with van der Waals surface area (Å²) in [5, 5.41) is 3.37. The zero-order valence-corrected chi connectivity index (χ0v) is 13.4. The van der Waals surface area contributed by atoms with Crippen LogP contribution in [0.5, 0.6) is 5.75 Å². The van der Waals surface area contributed by atoms with Crippen LogP contribution in [0.2, 0.25) is 0 Å². The highest BCUT2D eigenvalue weighted by Crippen LogP contribution is 2.28. The zero-order chi connectivity index (χ0) is 14.6. The SMILES string of the molecule is CNC(C)C(Cc1ncc(C)c(OC)c1C)C(C)C. The number of nitrogens with zero attached hydrogens (tertiary/aromatic N) is 1. The van der Waals surface area contributed by atoms with E-state index in [1.54, 1.807) is 7.11 Å². The number of methoxy groups -OCH3 is 1. The molecule has 3 heteroatoms. The fraction of sp³-hybridized carbons (Fsp3) is 0.688. The summed E-state index contributed by atoms with van der Waals surface area (Å²) in [6, 6.07) is 0.480. The Morgan fingerprint density at radius 2 is 1.89 bits per heavy atom. The number of hydrogen-bond donors (Lipinski definition) is 1. The highest BCUT2D eigenvalue weighted by atomic mass is 16.5. The fourth-order valence-electron chi connectivity index (χ4n) is 2.70. The molecule has 0 bridgehead atoms. The summed E-state index contributed by atoms with van der Waals surface area (Å²) >= 11 is 0. The molecule has 2 atom stereocenters. The van der Waals surface area contributed by atoms with Crippen molar-refractivity contribution >= 4 is 0 Å². The first-order chi connectivity index (χ1) is 8.92. The predicted octanol–water partition coefficient (Wildman–Crippen LogP) is 3.13. The van der Waals surface area contributed by atoms with E-state index in [1.807, 2.05) is 20.2 Å². The summed E-state index contributed by atoms with van der Waals surface area (Å²) in [5.41, 5.74) is 3.44. The normalized spacial score (nSPS) is 14.5. The molecule has 1 aromatic heterocycles. The van der Waals surface area contributed by atoms with Crippen molar-refractivity contribution in [3.63, 3.8) is 0 Å². The Labute approximate surface area is 117 Å². The number of rotatable bonds is 6. The molecule has 1 rings (SSSR count). The van der Waals surface area contributed by atoms with Crippen LogP contribution in [0.4, 0.5) is 0 Å². The van der Waals surface area contributed by atoms with Crippen molar-refractivity contribution in [1.82, 2.24) is 10.3 Å². The molecular formula is C16H28N2O. The summed E-state index contributed by atoms with van der Waals surface area (Å²) < 4.78 is 5.49. The number of aromatic nitrogens is 1. The Bertz CT molecular complexity index is 415. The van der Waals surface area contributed by atoms with E-state index in [0.29, 0.717) is 17.9 Å². The Balaban J connectivity index is 3.03. The van der Waals surface area contributed by atoms with E-state index in [4.69, 9.17) is 4.74 Å². The van der Waals surface area contributed by atoms with Gasteiger partial charge in [0, 0.05) is 29.1 Å². The van der Waals surface area contributed by atoms with E-state index in [0.717, 1.165) is 23.4 Å². The van der Waals surface area contributed by atoms with Crippen LogP contribution in [-0.2, 0) is 6.42 Å². The monoisotopic (exact) mass is 264 g/mol. The Hall–Kier alpha value is -1.09. The minimum atomic E-state index is 0.480. The third kappa shape index (κ3) is 3.69. The van der Waals surface area contributed by atoms with E-state index in [1.165, 1.54) is 5.56 Å². The van der Waals surface area contributed by atoms with Crippen LogP contribution >= 0.6 is 0 Å². The number of ether oxygens (including phenoxy) is 1. The number of hydrogen-bond acceptors (Lipinski definition) is 3. The zero-order valence-electron chi connectivity index (χ0n) is 13.4. The predicted molar refractivity (Wildman–Crippen MR) is 80.8 cm³/mol. The van der Waals surface area contributed by atoms with Crippen molar-refractivity contribution in [2.24, 2.45) is 11.8 Å². The van der Waals surface area contributed by atoms with Gasteiger partial charge in [-0.1, -0.05) is 13.8 Å². The fourth-order valence-corrected chi connectivity index (χ4v) is 2.70. The lowest BCUT2D eigenvalue weighted by molar-refractivity contribution is 0.297. The Morgan fingerprint density at radius 1 is 1.26 bits per heavy atom. The van der Waals surface area contributed by atoms with Gasteiger partial charge >= 0.3 is 0 Å². The summed E-state index contributed by atoms with van der Waals surface area (Å²) in [6.07, 6.45) is 2.91. The van der Waals surface area contributed by atoms with Crippen molar-refractivity contribution < 1.29 is 4.74 Å². The highest BCUT2D eigenvalue weighted by Gasteiger charge is 2.22. The minimum Gasteiger partial charge on any atom is -0.496 e. The van der Waals surface area contributed by atoms with Gasteiger partial charge in [0.1, 0.15) is 5.75 Å². The maximum atomic E-state index is 5.49. The molecule has 108 valence electrons. The minimum absolute atomic E-state index is 0.480. The Morgan fingerprint density at radius 3 is 2.37 bits per heavy atom. The Kier molecular flexibility index (Phi) is 5.80. The molecule has 0 radical (unpaired) electrons. The van der Waals surface area contributed by atoms with Crippen molar-refractivity contribution in [3.05, 3.63) is 23.0 Å². The van der Waals surface area contributed by atoms with Crippen molar-refractivity contribution in [3.8, 4) is 5.75 Å². The molecule has 1 N–H and O–H groups in total. The lowest BCUT2D eigenvalue weighted by Gasteiger charge is -2.27. The molecule has 2 unspecified atom stereocenters. The van der Waals surface area contributed by atoms with Crippen LogP contribution < -0.4 is 10.1 Å². The third-order valence-corrected chi connectivity index (χ3v) is 4.13. The van der Waals surface area contributed by atoms with Gasteiger partial charge in [-0.05, 0) is 46.1 Å². The van der Waals surface area contributed by atoms with Crippen LogP contribution in [0.1, 0.15) is 37.6 Å². The van der Waals surface area contributed by atoms with Crippen LogP contribution in [0.3, 0.4) is 0 Å². The van der Waals surface area contributed by atoms with Crippen LogP contribution in [0.15, 0.2) is 6.20 Å². The van der Waals surface area contributed by atoms with Gasteiger partial charge in [0.05, 0.1) is 7.11 Å². The standard InChI is InChI=1S/C16H28N2O/c1-10(2)14(13(5)17-6)8-15-12(4)16(19-7)11(3)9-18-15/h9-10,13-14,17H,8H2,1-7H3. The van der Waals surface area contributed by atoms with Gasteiger partial charge in [0.25, 0.3) is 0 Å². The average Bonchev–Trinajstić information content (AvgIpc) is 2.37. The smallest absolute Gasteiger partial charge is 0.128 e. The van der Waals surface area contributed by atoms with Crippen molar-refractivity contribution in [2.45, 2.75) is 47.1 Å². The molecule has 0 saturated carbocycles. The van der Waals surface area contributed by atoms with Gasteiger partial charge in [-0.15, -0.1) is 0 Å².